The minimum Gasteiger partial charge on any atom is -0.491 e. The highest BCUT2D eigenvalue weighted by molar-refractivity contribution is 5.95. The Morgan fingerprint density at radius 3 is 2.49 bits per heavy atom. The Hall–Kier alpha value is -3.04. The van der Waals surface area contributed by atoms with Crippen molar-refractivity contribution in [1.82, 2.24) is 19.8 Å². The van der Waals surface area contributed by atoms with Gasteiger partial charge in [0.05, 0.1) is 6.61 Å². The fourth-order valence-electron chi connectivity index (χ4n) is 6.85. The normalized spacial score (nSPS) is 24.0. The van der Waals surface area contributed by atoms with Crippen molar-refractivity contribution < 1.29 is 13.5 Å². The van der Waals surface area contributed by atoms with Gasteiger partial charge in [0.2, 0.25) is 0 Å². The SMILES string of the molecule is CC(C)N1CCN(c2cc3c4ncnc(c4c2)NCc2cccc(c2)C(F)(F)C2CCN(CCCCCCO3)CC2)CC1. The molecule has 43 heavy (non-hydrogen) atoms. The van der Waals surface area contributed by atoms with Crippen molar-refractivity contribution in [3.05, 3.63) is 53.9 Å². The van der Waals surface area contributed by atoms with Crippen LogP contribution >= 0.6 is 0 Å². The Balaban J connectivity index is 1.30. The Labute approximate surface area is 254 Å². The molecule has 2 fully saturated rings. The van der Waals surface area contributed by atoms with Crippen LogP contribution < -0.4 is 15.0 Å². The molecule has 2 saturated heterocycles. The van der Waals surface area contributed by atoms with Crippen LogP contribution in [0.3, 0.4) is 0 Å². The predicted octanol–water partition coefficient (Wildman–Crippen LogP) is 6.53. The van der Waals surface area contributed by atoms with Crippen molar-refractivity contribution >= 4 is 22.4 Å². The molecule has 0 aliphatic carbocycles. The smallest absolute Gasteiger partial charge is 0.276 e. The van der Waals surface area contributed by atoms with Crippen LogP contribution in [0.2, 0.25) is 0 Å². The number of ether oxygens (including phenoxy) is 1. The van der Waals surface area contributed by atoms with E-state index >= 15 is 8.78 Å². The molecule has 9 heteroatoms. The van der Waals surface area contributed by atoms with Gasteiger partial charge < -0.3 is 19.9 Å². The van der Waals surface area contributed by atoms with Crippen molar-refractivity contribution in [1.29, 1.82) is 0 Å². The van der Waals surface area contributed by atoms with E-state index < -0.39 is 11.8 Å². The number of fused-ring (bicyclic) bond motifs is 9. The molecule has 4 aliphatic heterocycles. The first-order valence-corrected chi connectivity index (χ1v) is 16.2. The van der Waals surface area contributed by atoms with E-state index in [0.717, 1.165) is 99.4 Å². The monoisotopic (exact) mass is 592 g/mol. The van der Waals surface area contributed by atoms with Crippen molar-refractivity contribution in [2.45, 2.75) is 70.9 Å². The summed E-state index contributed by atoms with van der Waals surface area (Å²) in [5.74, 6) is -2.00. The lowest BCUT2D eigenvalue weighted by Gasteiger charge is -2.38. The Morgan fingerprint density at radius 2 is 1.70 bits per heavy atom. The number of aromatic nitrogens is 2. The van der Waals surface area contributed by atoms with E-state index in [1.807, 2.05) is 6.07 Å². The van der Waals surface area contributed by atoms with E-state index in [9.17, 15) is 0 Å². The van der Waals surface area contributed by atoms with E-state index in [2.05, 4.69) is 56.0 Å². The van der Waals surface area contributed by atoms with Gasteiger partial charge in [0.15, 0.2) is 0 Å². The van der Waals surface area contributed by atoms with Crippen LogP contribution in [0.15, 0.2) is 42.7 Å². The summed E-state index contributed by atoms with van der Waals surface area (Å²) in [5, 5.41) is 4.34. The molecule has 7 rings (SSSR count). The van der Waals surface area contributed by atoms with E-state index in [-0.39, 0.29) is 5.56 Å². The fourth-order valence-corrected chi connectivity index (χ4v) is 6.85. The van der Waals surface area contributed by atoms with Gasteiger partial charge in [0, 0.05) is 67.4 Å². The standard InChI is InChI=1S/C34H46F2N6O/c1-25(2)41-15-17-42(18-16-41)29-21-30-32-31(22-29)43-19-6-4-3-5-12-40-13-10-27(11-14-40)34(35,36)28-9-7-8-26(20-28)23-37-33(30)39-24-38-32/h7-9,20-22,24-25,27H,3-6,10-19,23H2,1-2H3,(H,37,38,39). The average molecular weight is 593 g/mol. The molecule has 0 unspecified atom stereocenters. The van der Waals surface area contributed by atoms with Crippen molar-refractivity contribution in [3.8, 4) is 5.75 Å². The summed E-state index contributed by atoms with van der Waals surface area (Å²) < 4.78 is 37.9. The molecular formula is C34H46F2N6O. The molecule has 0 spiro atoms. The Morgan fingerprint density at radius 1 is 0.907 bits per heavy atom. The largest absolute Gasteiger partial charge is 0.491 e. The summed E-state index contributed by atoms with van der Waals surface area (Å²) in [5.41, 5.74) is 2.80. The van der Waals surface area contributed by atoms with Gasteiger partial charge in [0.25, 0.3) is 5.92 Å². The van der Waals surface area contributed by atoms with Crippen LogP contribution in [-0.4, -0.2) is 78.2 Å². The molecular weight excluding hydrogens is 546 g/mol. The Bertz CT molecular complexity index is 1370. The number of hydrogen-bond donors (Lipinski definition) is 1. The second-order valence-corrected chi connectivity index (χ2v) is 12.7. The number of nitrogens with one attached hydrogen (secondary N) is 1. The van der Waals surface area contributed by atoms with Gasteiger partial charge in [-0.15, -0.1) is 0 Å². The van der Waals surface area contributed by atoms with Gasteiger partial charge in [0.1, 0.15) is 23.4 Å². The maximum Gasteiger partial charge on any atom is 0.276 e. The fraction of sp³-hybridized carbons (Fsp3) is 0.588. The lowest BCUT2D eigenvalue weighted by molar-refractivity contribution is -0.0855. The van der Waals surface area contributed by atoms with Gasteiger partial charge >= 0.3 is 0 Å². The predicted molar refractivity (Wildman–Crippen MR) is 169 cm³/mol. The number of benzene rings is 2. The molecule has 0 saturated carbocycles. The molecule has 232 valence electrons. The van der Waals surface area contributed by atoms with Gasteiger partial charge in [-0.05, 0) is 76.9 Å². The van der Waals surface area contributed by atoms with Crippen LogP contribution in [0.25, 0.3) is 10.9 Å². The Kier molecular flexibility index (Phi) is 9.28. The molecule has 1 N–H and O–H groups in total. The number of anilines is 2. The molecule has 5 heterocycles. The van der Waals surface area contributed by atoms with E-state index in [1.165, 1.54) is 0 Å². The highest BCUT2D eigenvalue weighted by Crippen LogP contribution is 2.42. The summed E-state index contributed by atoms with van der Waals surface area (Å²) in [4.78, 5) is 16.5. The first-order chi connectivity index (χ1) is 20.9. The minimum atomic E-state index is -2.84. The first kappa shape index (κ1) is 30.0. The number of halogens is 2. The highest BCUT2D eigenvalue weighted by atomic mass is 19.3. The number of alkyl halides is 2. The lowest BCUT2D eigenvalue weighted by atomic mass is 9.86. The van der Waals surface area contributed by atoms with E-state index in [1.54, 1.807) is 24.5 Å². The minimum absolute atomic E-state index is 0.113. The molecule has 7 nitrogen and oxygen atoms in total. The van der Waals surface area contributed by atoms with Crippen LogP contribution in [0, 0.1) is 5.92 Å². The van der Waals surface area contributed by atoms with Gasteiger partial charge in [-0.2, -0.15) is 0 Å². The van der Waals surface area contributed by atoms with Crippen LogP contribution in [0.4, 0.5) is 20.3 Å². The molecule has 4 aliphatic rings. The third kappa shape index (κ3) is 6.88. The molecule has 3 aromatic rings. The molecule has 0 radical (unpaired) electrons. The number of nitrogens with zero attached hydrogens (tertiary/aromatic N) is 5. The third-order valence-corrected chi connectivity index (χ3v) is 9.60. The summed E-state index contributed by atoms with van der Waals surface area (Å²) in [6, 6.07) is 11.7. The molecule has 2 aromatic carbocycles. The van der Waals surface area contributed by atoms with Crippen molar-refractivity contribution in [3.63, 3.8) is 0 Å². The van der Waals surface area contributed by atoms with Crippen LogP contribution in [-0.2, 0) is 12.5 Å². The summed E-state index contributed by atoms with van der Waals surface area (Å²) >= 11 is 0. The number of hydrogen-bond acceptors (Lipinski definition) is 7. The van der Waals surface area contributed by atoms with E-state index in [0.29, 0.717) is 37.9 Å². The van der Waals surface area contributed by atoms with Gasteiger partial charge in [-0.3, -0.25) is 4.90 Å². The maximum absolute atomic E-state index is 15.7. The molecule has 0 amide bonds. The highest BCUT2D eigenvalue weighted by Gasteiger charge is 2.42. The van der Waals surface area contributed by atoms with Crippen LogP contribution in [0.1, 0.15) is 63.5 Å². The summed E-state index contributed by atoms with van der Waals surface area (Å²) in [6.45, 7) is 11.9. The summed E-state index contributed by atoms with van der Waals surface area (Å²) in [6.07, 6.45) is 6.89. The zero-order valence-electron chi connectivity index (χ0n) is 25.7. The maximum atomic E-state index is 15.7. The van der Waals surface area contributed by atoms with Gasteiger partial charge in [-0.1, -0.05) is 31.0 Å². The lowest BCUT2D eigenvalue weighted by Crippen LogP contribution is -2.48. The third-order valence-electron chi connectivity index (χ3n) is 9.60. The van der Waals surface area contributed by atoms with Crippen LogP contribution in [0.5, 0.6) is 5.75 Å². The zero-order chi connectivity index (χ0) is 29.8. The number of piperazine rings is 1. The molecule has 0 atom stereocenters. The molecule has 8 bridgehead atoms. The van der Waals surface area contributed by atoms with Crippen molar-refractivity contribution in [2.24, 2.45) is 5.92 Å². The molecule has 1 aromatic heterocycles. The topological polar surface area (TPSA) is 56.8 Å². The quantitative estimate of drug-likeness (QED) is 0.363. The number of rotatable bonds is 2. The second kappa shape index (κ2) is 13.3. The second-order valence-electron chi connectivity index (χ2n) is 12.7. The van der Waals surface area contributed by atoms with E-state index in [4.69, 9.17) is 4.74 Å². The first-order valence-electron chi connectivity index (χ1n) is 16.2. The number of piperidine rings is 1. The van der Waals surface area contributed by atoms with Gasteiger partial charge in [-0.25, -0.2) is 18.7 Å². The average Bonchev–Trinajstić information content (AvgIpc) is 3.03. The van der Waals surface area contributed by atoms with Crippen molar-refractivity contribution in [2.75, 3.05) is 62.6 Å². The zero-order valence-corrected chi connectivity index (χ0v) is 25.7. The summed E-state index contributed by atoms with van der Waals surface area (Å²) in [7, 11) is 0.